The molecule has 0 unspecified atom stereocenters. The summed E-state index contributed by atoms with van der Waals surface area (Å²) in [5, 5.41) is 3.76. The molecule has 0 atom stereocenters. The molecule has 0 amide bonds. The number of nitrogens with two attached hydrogens (primary N) is 1. The average Bonchev–Trinajstić information content (AvgIpc) is 2.44. The Hall–Kier alpha value is -1.38. The fourth-order valence-corrected chi connectivity index (χ4v) is 5.13. The number of hydrogen-bond donors (Lipinski definition) is 2. The largest absolute Gasteiger partial charge is 0.497 e. The number of hydrogen-bond acceptors (Lipinski definition) is 3. The van der Waals surface area contributed by atoms with Gasteiger partial charge in [0.25, 0.3) is 0 Å². The first-order valence-electron chi connectivity index (χ1n) is 7.93. The monoisotopic (exact) mass is 272 g/mol. The third-order valence-corrected chi connectivity index (χ3v) is 5.81. The van der Waals surface area contributed by atoms with Crippen LogP contribution in [-0.4, -0.2) is 13.2 Å². The first kappa shape index (κ1) is 12.4. The van der Waals surface area contributed by atoms with E-state index in [4.69, 9.17) is 10.5 Å². The summed E-state index contributed by atoms with van der Waals surface area (Å²) in [6.07, 6.45) is 7.20. The van der Waals surface area contributed by atoms with Crippen molar-refractivity contribution in [1.82, 2.24) is 0 Å². The summed E-state index contributed by atoms with van der Waals surface area (Å²) >= 11 is 0. The van der Waals surface area contributed by atoms with E-state index in [1.54, 1.807) is 7.11 Å². The molecule has 0 aromatic heterocycles. The van der Waals surface area contributed by atoms with Crippen LogP contribution in [0.3, 0.4) is 0 Å². The van der Waals surface area contributed by atoms with Crippen LogP contribution in [0.4, 0.5) is 11.4 Å². The SMILES string of the molecule is COc1ccc(N)c(NC2C3CC4CC(C3)CC2C4)c1. The Kier molecular flexibility index (Phi) is 2.83. The first-order chi connectivity index (χ1) is 9.72. The molecule has 4 fully saturated rings. The maximum Gasteiger partial charge on any atom is 0.121 e. The minimum Gasteiger partial charge on any atom is -0.497 e. The Balaban J connectivity index is 1.57. The van der Waals surface area contributed by atoms with Crippen molar-refractivity contribution in [2.24, 2.45) is 23.7 Å². The summed E-state index contributed by atoms with van der Waals surface area (Å²) in [6, 6.07) is 6.53. The van der Waals surface area contributed by atoms with Gasteiger partial charge in [-0.15, -0.1) is 0 Å². The molecule has 4 aliphatic carbocycles. The van der Waals surface area contributed by atoms with Crippen LogP contribution < -0.4 is 15.8 Å². The molecule has 5 rings (SSSR count). The summed E-state index contributed by atoms with van der Waals surface area (Å²) in [4.78, 5) is 0. The van der Waals surface area contributed by atoms with Crippen LogP contribution in [-0.2, 0) is 0 Å². The van der Waals surface area contributed by atoms with Crippen LogP contribution in [0.25, 0.3) is 0 Å². The second kappa shape index (κ2) is 4.57. The fraction of sp³-hybridized carbons (Fsp3) is 0.647. The Morgan fingerprint density at radius 3 is 2.30 bits per heavy atom. The van der Waals surface area contributed by atoms with E-state index in [-0.39, 0.29) is 0 Å². The van der Waals surface area contributed by atoms with E-state index < -0.39 is 0 Å². The summed E-state index contributed by atoms with van der Waals surface area (Å²) in [7, 11) is 1.71. The number of ether oxygens (including phenoxy) is 1. The molecule has 0 saturated heterocycles. The van der Waals surface area contributed by atoms with Crippen molar-refractivity contribution in [3.8, 4) is 5.75 Å². The topological polar surface area (TPSA) is 47.3 Å². The van der Waals surface area contributed by atoms with E-state index in [0.717, 1.165) is 40.8 Å². The van der Waals surface area contributed by atoms with Gasteiger partial charge in [0.2, 0.25) is 0 Å². The van der Waals surface area contributed by atoms with Crippen molar-refractivity contribution >= 4 is 11.4 Å². The van der Waals surface area contributed by atoms with Gasteiger partial charge >= 0.3 is 0 Å². The highest BCUT2D eigenvalue weighted by Gasteiger charge is 2.48. The molecule has 20 heavy (non-hydrogen) atoms. The van der Waals surface area contributed by atoms with Gasteiger partial charge in [0, 0.05) is 12.1 Å². The Bertz CT molecular complexity index is 486. The minimum absolute atomic E-state index is 0.622. The number of nitrogen functional groups attached to an aromatic ring is 1. The molecule has 4 saturated carbocycles. The highest BCUT2D eigenvalue weighted by molar-refractivity contribution is 5.68. The smallest absolute Gasteiger partial charge is 0.121 e. The molecule has 3 N–H and O–H groups in total. The number of rotatable bonds is 3. The quantitative estimate of drug-likeness (QED) is 0.828. The number of nitrogens with one attached hydrogen (secondary N) is 1. The van der Waals surface area contributed by atoms with Gasteiger partial charge < -0.3 is 15.8 Å². The lowest BCUT2D eigenvalue weighted by Gasteiger charge is -2.54. The third kappa shape index (κ3) is 1.95. The van der Waals surface area contributed by atoms with Crippen molar-refractivity contribution in [1.29, 1.82) is 0 Å². The fourth-order valence-electron chi connectivity index (χ4n) is 5.13. The normalized spacial score (nSPS) is 38.0. The molecule has 0 aliphatic heterocycles. The van der Waals surface area contributed by atoms with Crippen molar-refractivity contribution in [2.75, 3.05) is 18.2 Å². The van der Waals surface area contributed by atoms with Crippen LogP contribution in [0.1, 0.15) is 32.1 Å². The van der Waals surface area contributed by atoms with Crippen molar-refractivity contribution in [3.05, 3.63) is 18.2 Å². The highest BCUT2D eigenvalue weighted by atomic mass is 16.5. The molecule has 108 valence electrons. The molecule has 0 radical (unpaired) electrons. The molecule has 4 bridgehead atoms. The minimum atomic E-state index is 0.622. The van der Waals surface area contributed by atoms with Gasteiger partial charge in [-0.1, -0.05) is 0 Å². The van der Waals surface area contributed by atoms with Gasteiger partial charge in [0.1, 0.15) is 5.75 Å². The zero-order valence-corrected chi connectivity index (χ0v) is 12.1. The number of benzene rings is 1. The predicted molar refractivity (Wildman–Crippen MR) is 81.9 cm³/mol. The standard InChI is InChI=1S/C17H24N2O/c1-20-14-2-3-15(18)16(9-14)19-17-12-5-10-4-11(7-12)8-13(17)6-10/h2-3,9-13,17,19H,4-8,18H2,1H3. The lowest BCUT2D eigenvalue weighted by atomic mass is 9.54. The molecular weight excluding hydrogens is 248 g/mol. The van der Waals surface area contributed by atoms with Gasteiger partial charge in [0.05, 0.1) is 18.5 Å². The third-order valence-electron chi connectivity index (χ3n) is 5.81. The Morgan fingerprint density at radius 1 is 1.05 bits per heavy atom. The Labute approximate surface area is 120 Å². The van der Waals surface area contributed by atoms with Gasteiger partial charge in [-0.05, 0) is 67.9 Å². The summed E-state index contributed by atoms with van der Waals surface area (Å²) in [5.41, 5.74) is 8.02. The average molecular weight is 272 g/mol. The lowest BCUT2D eigenvalue weighted by molar-refractivity contribution is 0.00756. The lowest BCUT2D eigenvalue weighted by Crippen LogP contribution is -2.51. The van der Waals surface area contributed by atoms with Gasteiger partial charge in [-0.3, -0.25) is 0 Å². The van der Waals surface area contributed by atoms with E-state index in [9.17, 15) is 0 Å². The zero-order chi connectivity index (χ0) is 13.7. The highest BCUT2D eigenvalue weighted by Crippen LogP contribution is 2.54. The van der Waals surface area contributed by atoms with Crippen LogP contribution in [0.15, 0.2) is 18.2 Å². The van der Waals surface area contributed by atoms with E-state index >= 15 is 0 Å². The van der Waals surface area contributed by atoms with E-state index in [1.165, 1.54) is 32.1 Å². The van der Waals surface area contributed by atoms with Crippen LogP contribution in [0.2, 0.25) is 0 Å². The molecule has 1 aromatic rings. The first-order valence-corrected chi connectivity index (χ1v) is 7.93. The molecule has 0 heterocycles. The summed E-state index contributed by atoms with van der Waals surface area (Å²) < 4.78 is 5.32. The number of methoxy groups -OCH3 is 1. The van der Waals surface area contributed by atoms with Crippen LogP contribution in [0, 0.1) is 23.7 Å². The van der Waals surface area contributed by atoms with Crippen molar-refractivity contribution in [2.45, 2.75) is 38.1 Å². The van der Waals surface area contributed by atoms with Crippen LogP contribution in [0.5, 0.6) is 5.75 Å². The van der Waals surface area contributed by atoms with Gasteiger partial charge in [0.15, 0.2) is 0 Å². The molecular formula is C17H24N2O. The van der Waals surface area contributed by atoms with Gasteiger partial charge in [-0.25, -0.2) is 0 Å². The Morgan fingerprint density at radius 2 is 1.70 bits per heavy atom. The van der Waals surface area contributed by atoms with Crippen LogP contribution >= 0.6 is 0 Å². The molecule has 3 heteroatoms. The van der Waals surface area contributed by atoms with Crippen molar-refractivity contribution < 1.29 is 4.74 Å². The van der Waals surface area contributed by atoms with Crippen molar-refractivity contribution in [3.63, 3.8) is 0 Å². The van der Waals surface area contributed by atoms with E-state index in [0.29, 0.717) is 6.04 Å². The second-order valence-electron chi connectivity index (χ2n) is 7.05. The molecule has 3 nitrogen and oxygen atoms in total. The van der Waals surface area contributed by atoms with E-state index in [1.807, 2.05) is 18.2 Å². The molecule has 1 aromatic carbocycles. The molecule has 0 spiro atoms. The maximum absolute atomic E-state index is 6.13. The van der Waals surface area contributed by atoms with Gasteiger partial charge in [-0.2, -0.15) is 0 Å². The summed E-state index contributed by atoms with van der Waals surface area (Å²) in [6.45, 7) is 0. The summed E-state index contributed by atoms with van der Waals surface area (Å²) in [5.74, 6) is 4.62. The maximum atomic E-state index is 6.13. The predicted octanol–water partition coefficient (Wildman–Crippen LogP) is 3.51. The zero-order valence-electron chi connectivity index (χ0n) is 12.1. The van der Waals surface area contributed by atoms with E-state index in [2.05, 4.69) is 5.32 Å². The number of anilines is 2. The second-order valence-corrected chi connectivity index (χ2v) is 7.05. The molecule has 4 aliphatic rings.